The highest BCUT2D eigenvalue weighted by Crippen LogP contribution is 2.35. The highest BCUT2D eigenvalue weighted by molar-refractivity contribution is 5.22. The molecule has 0 spiro atoms. The first-order chi connectivity index (χ1) is 7.98. The molecule has 1 aromatic rings. The molecule has 1 fully saturated rings. The zero-order valence-corrected chi connectivity index (χ0v) is 11.6. The van der Waals surface area contributed by atoms with Gasteiger partial charge in [0, 0.05) is 23.8 Å². The lowest BCUT2D eigenvalue weighted by Gasteiger charge is -2.35. The van der Waals surface area contributed by atoms with Crippen LogP contribution in [0.4, 0.5) is 0 Å². The Hall–Kier alpha value is -0.830. The quantitative estimate of drug-likeness (QED) is 0.845. The van der Waals surface area contributed by atoms with Gasteiger partial charge in [-0.25, -0.2) is 0 Å². The Labute approximate surface area is 104 Å². The number of rotatable bonds is 3. The lowest BCUT2D eigenvalue weighted by atomic mass is 9.75. The monoisotopic (exact) mass is 235 g/mol. The Morgan fingerprint density at radius 2 is 2.18 bits per heavy atom. The molecule has 0 saturated heterocycles. The van der Waals surface area contributed by atoms with Crippen LogP contribution in [0.1, 0.15) is 56.5 Å². The number of aromatic amines is 1. The van der Waals surface area contributed by atoms with E-state index in [1.54, 1.807) is 0 Å². The normalized spacial score (nSPS) is 23.9. The van der Waals surface area contributed by atoms with Gasteiger partial charge in [0.15, 0.2) is 0 Å². The number of hydrogen-bond acceptors (Lipinski definition) is 2. The van der Waals surface area contributed by atoms with Gasteiger partial charge in [-0.05, 0) is 38.5 Å². The van der Waals surface area contributed by atoms with Crippen LogP contribution in [-0.4, -0.2) is 16.2 Å². The van der Waals surface area contributed by atoms with E-state index in [1.165, 1.54) is 36.9 Å². The van der Waals surface area contributed by atoms with Crippen LogP contribution in [0.3, 0.4) is 0 Å². The van der Waals surface area contributed by atoms with Crippen LogP contribution in [0.25, 0.3) is 0 Å². The molecule has 0 aromatic carbocycles. The van der Waals surface area contributed by atoms with Crippen molar-refractivity contribution in [3.8, 4) is 0 Å². The number of nitrogens with one attached hydrogen (secondary N) is 2. The largest absolute Gasteiger partial charge is 0.310 e. The van der Waals surface area contributed by atoms with Crippen molar-refractivity contribution in [2.24, 2.45) is 5.41 Å². The van der Waals surface area contributed by atoms with Gasteiger partial charge < -0.3 is 5.32 Å². The summed E-state index contributed by atoms with van der Waals surface area (Å²) in [5.41, 5.74) is 4.18. The third-order valence-corrected chi connectivity index (χ3v) is 4.05. The first-order valence-corrected chi connectivity index (χ1v) is 6.72. The SMILES string of the molecule is Cc1n[nH]c(C)c1CNC1CCCC(C)(C)C1. The smallest absolute Gasteiger partial charge is 0.0638 e. The summed E-state index contributed by atoms with van der Waals surface area (Å²) in [5, 5.41) is 11.0. The maximum atomic E-state index is 4.24. The van der Waals surface area contributed by atoms with Gasteiger partial charge in [-0.2, -0.15) is 5.10 Å². The molecular weight excluding hydrogens is 210 g/mol. The predicted molar refractivity (Wildman–Crippen MR) is 70.9 cm³/mol. The Morgan fingerprint density at radius 3 is 2.76 bits per heavy atom. The first kappa shape index (κ1) is 12.6. The third-order valence-electron chi connectivity index (χ3n) is 4.05. The lowest BCUT2D eigenvalue weighted by molar-refractivity contribution is 0.197. The predicted octanol–water partition coefficient (Wildman–Crippen LogP) is 3.08. The summed E-state index contributed by atoms with van der Waals surface area (Å²) in [4.78, 5) is 0. The van der Waals surface area contributed by atoms with Crippen molar-refractivity contribution in [2.75, 3.05) is 0 Å². The van der Waals surface area contributed by atoms with Crippen LogP contribution in [-0.2, 0) is 6.54 Å². The second-order valence-electron chi connectivity index (χ2n) is 6.25. The Bertz CT molecular complexity index is 359. The number of nitrogens with zero attached hydrogens (tertiary/aromatic N) is 1. The molecule has 1 aliphatic carbocycles. The third kappa shape index (κ3) is 3.09. The van der Waals surface area contributed by atoms with E-state index >= 15 is 0 Å². The number of aromatic nitrogens is 2. The van der Waals surface area contributed by atoms with Crippen LogP contribution in [0.5, 0.6) is 0 Å². The topological polar surface area (TPSA) is 40.7 Å². The summed E-state index contributed by atoms with van der Waals surface area (Å²) in [5.74, 6) is 0. The van der Waals surface area contributed by atoms with Gasteiger partial charge in [-0.1, -0.05) is 20.3 Å². The van der Waals surface area contributed by atoms with Gasteiger partial charge in [-0.15, -0.1) is 0 Å². The van der Waals surface area contributed by atoms with Gasteiger partial charge in [-0.3, -0.25) is 5.10 Å². The van der Waals surface area contributed by atoms with Crippen molar-refractivity contribution in [3.63, 3.8) is 0 Å². The molecule has 0 aliphatic heterocycles. The standard InChI is InChI=1S/C14H25N3/c1-10-13(11(2)17-16-10)9-15-12-6-5-7-14(3,4)8-12/h12,15H,5-9H2,1-4H3,(H,16,17). The minimum absolute atomic E-state index is 0.510. The summed E-state index contributed by atoms with van der Waals surface area (Å²) in [7, 11) is 0. The lowest BCUT2D eigenvalue weighted by Crippen LogP contribution is -2.37. The van der Waals surface area contributed by atoms with Gasteiger partial charge >= 0.3 is 0 Å². The van der Waals surface area contributed by atoms with Crippen molar-refractivity contribution in [1.29, 1.82) is 0 Å². The van der Waals surface area contributed by atoms with Crippen molar-refractivity contribution < 1.29 is 0 Å². The summed E-state index contributed by atoms with van der Waals surface area (Å²) >= 11 is 0. The number of hydrogen-bond donors (Lipinski definition) is 2. The van der Waals surface area contributed by atoms with Gasteiger partial charge in [0.05, 0.1) is 5.69 Å². The van der Waals surface area contributed by atoms with E-state index in [0.29, 0.717) is 11.5 Å². The molecule has 1 saturated carbocycles. The Kier molecular flexibility index (Phi) is 3.57. The molecule has 0 amide bonds. The van der Waals surface area contributed by atoms with Crippen LogP contribution in [0.15, 0.2) is 0 Å². The van der Waals surface area contributed by atoms with E-state index in [9.17, 15) is 0 Å². The second-order valence-corrected chi connectivity index (χ2v) is 6.25. The molecular formula is C14H25N3. The van der Waals surface area contributed by atoms with E-state index in [4.69, 9.17) is 0 Å². The first-order valence-electron chi connectivity index (χ1n) is 6.72. The molecule has 3 heteroatoms. The fraction of sp³-hybridized carbons (Fsp3) is 0.786. The van der Waals surface area contributed by atoms with Crippen molar-refractivity contribution >= 4 is 0 Å². The Morgan fingerprint density at radius 1 is 1.41 bits per heavy atom. The van der Waals surface area contributed by atoms with E-state index < -0.39 is 0 Å². The maximum absolute atomic E-state index is 4.24. The zero-order valence-electron chi connectivity index (χ0n) is 11.6. The van der Waals surface area contributed by atoms with Crippen molar-refractivity contribution in [2.45, 2.75) is 66.0 Å². The van der Waals surface area contributed by atoms with E-state index in [2.05, 4.69) is 43.2 Å². The molecule has 3 nitrogen and oxygen atoms in total. The molecule has 0 bridgehead atoms. The fourth-order valence-electron chi connectivity index (χ4n) is 2.95. The molecule has 2 N–H and O–H groups in total. The molecule has 2 rings (SSSR count). The van der Waals surface area contributed by atoms with Gasteiger partial charge in [0.1, 0.15) is 0 Å². The average molecular weight is 235 g/mol. The number of H-pyrrole nitrogens is 1. The van der Waals surface area contributed by atoms with E-state index in [0.717, 1.165) is 12.2 Å². The van der Waals surface area contributed by atoms with Crippen molar-refractivity contribution in [3.05, 3.63) is 17.0 Å². The summed E-state index contributed by atoms with van der Waals surface area (Å²) in [6.07, 6.45) is 5.34. The molecule has 17 heavy (non-hydrogen) atoms. The zero-order chi connectivity index (χ0) is 12.5. The highest BCUT2D eigenvalue weighted by Gasteiger charge is 2.27. The van der Waals surface area contributed by atoms with Crippen LogP contribution >= 0.6 is 0 Å². The maximum Gasteiger partial charge on any atom is 0.0638 e. The minimum atomic E-state index is 0.510. The van der Waals surface area contributed by atoms with Crippen LogP contribution in [0, 0.1) is 19.3 Å². The summed E-state index contributed by atoms with van der Waals surface area (Å²) in [6, 6.07) is 0.674. The van der Waals surface area contributed by atoms with Crippen LogP contribution < -0.4 is 5.32 Å². The molecule has 1 atom stereocenters. The van der Waals surface area contributed by atoms with E-state index in [-0.39, 0.29) is 0 Å². The fourth-order valence-corrected chi connectivity index (χ4v) is 2.95. The van der Waals surface area contributed by atoms with Crippen LogP contribution in [0.2, 0.25) is 0 Å². The molecule has 1 aromatic heterocycles. The minimum Gasteiger partial charge on any atom is -0.310 e. The molecule has 0 radical (unpaired) electrons. The molecule has 1 aliphatic rings. The van der Waals surface area contributed by atoms with Gasteiger partial charge in [0.2, 0.25) is 0 Å². The van der Waals surface area contributed by atoms with Crippen molar-refractivity contribution in [1.82, 2.24) is 15.5 Å². The highest BCUT2D eigenvalue weighted by atomic mass is 15.1. The summed E-state index contributed by atoms with van der Waals surface area (Å²) in [6.45, 7) is 9.90. The molecule has 1 heterocycles. The molecule has 1 unspecified atom stereocenters. The van der Waals surface area contributed by atoms with E-state index in [1.807, 2.05) is 0 Å². The Balaban J connectivity index is 1.90. The number of aryl methyl sites for hydroxylation is 2. The second kappa shape index (κ2) is 4.81. The summed E-state index contributed by atoms with van der Waals surface area (Å²) < 4.78 is 0. The average Bonchev–Trinajstić information content (AvgIpc) is 2.55. The molecule has 96 valence electrons. The van der Waals surface area contributed by atoms with Gasteiger partial charge in [0.25, 0.3) is 0 Å².